The molecule has 3 nitrogen and oxygen atoms in total. The van der Waals surface area contributed by atoms with E-state index in [9.17, 15) is 0 Å². The highest BCUT2D eigenvalue weighted by atomic mass is 16.3. The lowest BCUT2D eigenvalue weighted by Gasteiger charge is -1.98. The number of aromatic nitrogens is 1. The van der Waals surface area contributed by atoms with Crippen molar-refractivity contribution in [2.24, 2.45) is 0 Å². The van der Waals surface area contributed by atoms with Crippen molar-refractivity contribution < 1.29 is 4.42 Å². The first kappa shape index (κ1) is 11.8. The first-order valence-corrected chi connectivity index (χ1v) is 6.51. The monoisotopic (exact) mass is 252 g/mol. The fourth-order valence-electron chi connectivity index (χ4n) is 2.21. The van der Waals surface area contributed by atoms with Crippen LogP contribution in [-0.2, 0) is 12.8 Å². The predicted octanol–water partition coefficient (Wildman–Crippen LogP) is 3.59. The number of fused-ring (bicyclic) bond motifs is 1. The molecule has 3 rings (SSSR count). The molecule has 0 unspecified atom stereocenters. The fraction of sp³-hybridized carbons (Fsp3) is 0.188. The number of nitrogens with zero attached hydrogens (tertiary/aromatic N) is 1. The van der Waals surface area contributed by atoms with Gasteiger partial charge in [-0.25, -0.2) is 4.98 Å². The molecule has 0 bridgehead atoms. The molecule has 0 spiro atoms. The summed E-state index contributed by atoms with van der Waals surface area (Å²) in [5, 5.41) is 0. The summed E-state index contributed by atoms with van der Waals surface area (Å²) in [6.07, 6.45) is 2.90. The molecule has 0 saturated carbocycles. The summed E-state index contributed by atoms with van der Waals surface area (Å²) in [6, 6.07) is 16.1. The van der Waals surface area contributed by atoms with Crippen LogP contribution in [0.15, 0.2) is 52.9 Å². The Morgan fingerprint density at radius 2 is 1.79 bits per heavy atom. The molecule has 0 fully saturated rings. The first-order chi connectivity index (χ1) is 9.33. The van der Waals surface area contributed by atoms with E-state index in [0.29, 0.717) is 5.69 Å². The molecule has 0 atom stereocenters. The molecule has 0 saturated heterocycles. The van der Waals surface area contributed by atoms with E-state index in [2.05, 4.69) is 29.2 Å². The molecular weight excluding hydrogens is 236 g/mol. The van der Waals surface area contributed by atoms with Crippen molar-refractivity contribution in [3.63, 3.8) is 0 Å². The van der Waals surface area contributed by atoms with Crippen LogP contribution in [0.1, 0.15) is 17.9 Å². The third kappa shape index (κ3) is 2.60. The van der Waals surface area contributed by atoms with Crippen LogP contribution in [0, 0.1) is 0 Å². The summed E-state index contributed by atoms with van der Waals surface area (Å²) in [6.45, 7) is 0. The van der Waals surface area contributed by atoms with E-state index in [0.717, 1.165) is 36.3 Å². The summed E-state index contributed by atoms with van der Waals surface area (Å²) in [7, 11) is 0. The minimum atomic E-state index is 0.676. The minimum absolute atomic E-state index is 0.676. The molecule has 96 valence electrons. The van der Waals surface area contributed by atoms with E-state index in [1.165, 1.54) is 5.56 Å². The number of nitrogens with two attached hydrogens (primary N) is 1. The molecule has 19 heavy (non-hydrogen) atoms. The summed E-state index contributed by atoms with van der Waals surface area (Å²) >= 11 is 0. The van der Waals surface area contributed by atoms with Crippen molar-refractivity contribution in [2.45, 2.75) is 19.3 Å². The number of nitrogen functional groups attached to an aromatic ring is 1. The molecule has 1 heterocycles. The quantitative estimate of drug-likeness (QED) is 0.722. The predicted molar refractivity (Wildman–Crippen MR) is 76.9 cm³/mol. The van der Waals surface area contributed by atoms with Crippen molar-refractivity contribution in [1.82, 2.24) is 4.98 Å². The van der Waals surface area contributed by atoms with Gasteiger partial charge >= 0.3 is 0 Å². The lowest BCUT2D eigenvalue weighted by atomic mass is 10.1. The van der Waals surface area contributed by atoms with E-state index in [1.807, 2.05) is 24.3 Å². The fourth-order valence-corrected chi connectivity index (χ4v) is 2.21. The first-order valence-electron chi connectivity index (χ1n) is 6.51. The average molecular weight is 252 g/mol. The Balaban J connectivity index is 1.67. The van der Waals surface area contributed by atoms with Gasteiger partial charge in [-0.15, -0.1) is 0 Å². The zero-order valence-corrected chi connectivity index (χ0v) is 10.7. The van der Waals surface area contributed by atoms with Gasteiger partial charge in [0.15, 0.2) is 11.5 Å². The Morgan fingerprint density at radius 3 is 2.58 bits per heavy atom. The SMILES string of the molecule is Nc1cccc2oc(CCCc3ccccc3)nc12. The third-order valence-electron chi connectivity index (χ3n) is 3.19. The Bertz CT molecular complexity index is 674. The van der Waals surface area contributed by atoms with E-state index in [4.69, 9.17) is 10.2 Å². The molecule has 0 aliphatic rings. The molecule has 0 radical (unpaired) electrons. The molecule has 0 amide bonds. The van der Waals surface area contributed by atoms with Crippen LogP contribution < -0.4 is 5.73 Å². The molecule has 2 aromatic carbocycles. The van der Waals surface area contributed by atoms with Crippen LogP contribution in [-0.4, -0.2) is 4.98 Å². The highest BCUT2D eigenvalue weighted by Gasteiger charge is 2.07. The van der Waals surface area contributed by atoms with E-state index in [-0.39, 0.29) is 0 Å². The maximum absolute atomic E-state index is 5.87. The van der Waals surface area contributed by atoms with E-state index >= 15 is 0 Å². The van der Waals surface area contributed by atoms with Gasteiger partial charge in [-0.2, -0.15) is 0 Å². The molecule has 0 aliphatic carbocycles. The van der Waals surface area contributed by atoms with Crippen molar-refractivity contribution in [2.75, 3.05) is 5.73 Å². The van der Waals surface area contributed by atoms with Crippen LogP contribution in [0.5, 0.6) is 0 Å². The zero-order valence-electron chi connectivity index (χ0n) is 10.7. The lowest BCUT2D eigenvalue weighted by molar-refractivity contribution is 0.519. The van der Waals surface area contributed by atoms with Crippen molar-refractivity contribution in [3.8, 4) is 0 Å². The second-order valence-electron chi connectivity index (χ2n) is 4.64. The second kappa shape index (κ2) is 5.14. The largest absolute Gasteiger partial charge is 0.441 e. The molecule has 3 heteroatoms. The van der Waals surface area contributed by atoms with Gasteiger partial charge in [-0.3, -0.25) is 0 Å². The number of para-hydroxylation sites is 1. The van der Waals surface area contributed by atoms with Crippen LogP contribution in [0.4, 0.5) is 5.69 Å². The van der Waals surface area contributed by atoms with Gasteiger partial charge in [0.1, 0.15) is 5.52 Å². The number of aryl methyl sites for hydroxylation is 2. The van der Waals surface area contributed by atoms with Crippen LogP contribution in [0.3, 0.4) is 0 Å². The third-order valence-corrected chi connectivity index (χ3v) is 3.19. The van der Waals surface area contributed by atoms with Crippen molar-refractivity contribution >= 4 is 16.8 Å². The molecule has 3 aromatic rings. The van der Waals surface area contributed by atoms with Gasteiger partial charge in [0.25, 0.3) is 0 Å². The van der Waals surface area contributed by atoms with Gasteiger partial charge in [-0.1, -0.05) is 36.4 Å². The van der Waals surface area contributed by atoms with Crippen molar-refractivity contribution in [3.05, 3.63) is 60.0 Å². The van der Waals surface area contributed by atoms with Gasteiger partial charge in [0.2, 0.25) is 0 Å². The highest BCUT2D eigenvalue weighted by Crippen LogP contribution is 2.21. The van der Waals surface area contributed by atoms with Crippen LogP contribution >= 0.6 is 0 Å². The van der Waals surface area contributed by atoms with Gasteiger partial charge in [0, 0.05) is 6.42 Å². The Labute approximate surface area is 112 Å². The molecule has 2 N–H and O–H groups in total. The van der Waals surface area contributed by atoms with Crippen molar-refractivity contribution in [1.29, 1.82) is 0 Å². The zero-order chi connectivity index (χ0) is 13.1. The number of hydrogen-bond acceptors (Lipinski definition) is 3. The highest BCUT2D eigenvalue weighted by molar-refractivity contribution is 5.85. The lowest BCUT2D eigenvalue weighted by Crippen LogP contribution is -1.90. The molecular formula is C16H16N2O. The van der Waals surface area contributed by atoms with E-state index < -0.39 is 0 Å². The van der Waals surface area contributed by atoms with Gasteiger partial charge < -0.3 is 10.2 Å². The minimum Gasteiger partial charge on any atom is -0.441 e. The Hall–Kier alpha value is -2.29. The van der Waals surface area contributed by atoms with Crippen LogP contribution in [0.2, 0.25) is 0 Å². The number of benzene rings is 2. The number of hydrogen-bond donors (Lipinski definition) is 1. The topological polar surface area (TPSA) is 52.0 Å². The standard InChI is InChI=1S/C16H16N2O/c17-13-9-5-10-14-16(13)18-15(19-14)11-4-8-12-6-2-1-3-7-12/h1-3,5-7,9-10H,4,8,11,17H2. The summed E-state index contributed by atoms with van der Waals surface area (Å²) in [4.78, 5) is 4.45. The van der Waals surface area contributed by atoms with Gasteiger partial charge in [0.05, 0.1) is 5.69 Å². The summed E-state index contributed by atoms with van der Waals surface area (Å²) in [5.41, 5.74) is 9.44. The van der Waals surface area contributed by atoms with Crippen LogP contribution in [0.25, 0.3) is 11.1 Å². The number of rotatable bonds is 4. The smallest absolute Gasteiger partial charge is 0.195 e. The van der Waals surface area contributed by atoms with E-state index in [1.54, 1.807) is 0 Å². The Kier molecular flexibility index (Phi) is 3.19. The van der Waals surface area contributed by atoms with Gasteiger partial charge in [-0.05, 0) is 30.5 Å². The normalized spacial score (nSPS) is 10.9. The average Bonchev–Trinajstić information content (AvgIpc) is 2.84. The number of anilines is 1. The molecule has 1 aromatic heterocycles. The summed E-state index contributed by atoms with van der Waals surface area (Å²) < 4.78 is 5.70. The second-order valence-corrected chi connectivity index (χ2v) is 4.64. The Morgan fingerprint density at radius 1 is 0.947 bits per heavy atom. The maximum Gasteiger partial charge on any atom is 0.195 e. The molecule has 0 aliphatic heterocycles. The number of oxazole rings is 1. The summed E-state index contributed by atoms with van der Waals surface area (Å²) in [5.74, 6) is 0.767. The maximum atomic E-state index is 5.87.